The summed E-state index contributed by atoms with van der Waals surface area (Å²) in [7, 11) is 1.63. The van der Waals surface area contributed by atoms with E-state index in [4.69, 9.17) is 0 Å². The van der Waals surface area contributed by atoms with Gasteiger partial charge < -0.3 is 10.2 Å². The number of aromatic nitrogens is 1. The molecule has 0 radical (unpaired) electrons. The van der Waals surface area contributed by atoms with Gasteiger partial charge in [0.2, 0.25) is 0 Å². The van der Waals surface area contributed by atoms with Gasteiger partial charge in [-0.15, -0.1) is 0 Å². The Morgan fingerprint density at radius 1 is 1.10 bits per heavy atom. The molecule has 2 amide bonds. The van der Waals surface area contributed by atoms with Crippen molar-refractivity contribution in [2.75, 3.05) is 17.3 Å². The molecule has 3 aromatic rings. The fourth-order valence-electron chi connectivity index (χ4n) is 3.11. The lowest BCUT2D eigenvalue weighted by molar-refractivity contribution is -0.137. The molecule has 0 spiro atoms. The number of amides is 2. The first-order chi connectivity index (χ1) is 14.3. The van der Waals surface area contributed by atoms with Gasteiger partial charge in [-0.05, 0) is 42.5 Å². The maximum absolute atomic E-state index is 13.2. The van der Waals surface area contributed by atoms with Gasteiger partial charge in [0.1, 0.15) is 5.03 Å². The van der Waals surface area contributed by atoms with E-state index in [0.717, 1.165) is 12.1 Å². The maximum Gasteiger partial charge on any atom is 0.417 e. The molecule has 0 atom stereocenters. The molecular formula is C21H14F3N3O2S. The van der Waals surface area contributed by atoms with Crippen molar-refractivity contribution in [3.8, 4) is 0 Å². The largest absolute Gasteiger partial charge is 0.417 e. The summed E-state index contributed by atoms with van der Waals surface area (Å²) >= 11 is 1.25. The van der Waals surface area contributed by atoms with Gasteiger partial charge >= 0.3 is 6.18 Å². The molecule has 30 heavy (non-hydrogen) atoms. The molecule has 0 saturated carbocycles. The Morgan fingerprint density at radius 2 is 1.87 bits per heavy atom. The van der Waals surface area contributed by atoms with Gasteiger partial charge in [-0.2, -0.15) is 13.2 Å². The average molecular weight is 429 g/mol. The Hall–Kier alpha value is -3.33. The van der Waals surface area contributed by atoms with E-state index in [1.807, 2.05) is 0 Å². The van der Waals surface area contributed by atoms with E-state index in [2.05, 4.69) is 10.3 Å². The lowest BCUT2D eigenvalue weighted by atomic mass is 10.1. The van der Waals surface area contributed by atoms with E-state index in [0.29, 0.717) is 26.9 Å². The van der Waals surface area contributed by atoms with Crippen LogP contribution in [0, 0.1) is 0 Å². The lowest BCUT2D eigenvalue weighted by Crippen LogP contribution is -2.26. The number of nitrogens with one attached hydrogen (secondary N) is 1. The van der Waals surface area contributed by atoms with Gasteiger partial charge in [0.15, 0.2) is 0 Å². The standard InChI is InChI=1S/C21H14F3N3O2S/c1-27-16-9-8-12(11-17(16)30-19-14(20(27)29)6-4-10-25-19)26-18(28)13-5-2-3-7-15(13)21(22,23)24/h2-11H,1H3,(H,26,28). The number of nitrogens with zero attached hydrogens (tertiary/aromatic N) is 2. The number of pyridine rings is 1. The van der Waals surface area contributed by atoms with Crippen LogP contribution >= 0.6 is 11.8 Å². The number of anilines is 2. The highest BCUT2D eigenvalue weighted by Gasteiger charge is 2.35. The zero-order valence-electron chi connectivity index (χ0n) is 15.5. The minimum absolute atomic E-state index is 0.222. The molecular weight excluding hydrogens is 415 g/mol. The third-order valence-corrected chi connectivity index (χ3v) is 5.63. The SMILES string of the molecule is CN1C(=O)c2cccnc2Sc2cc(NC(=O)c3ccccc3C(F)(F)F)ccc21. The van der Waals surface area contributed by atoms with E-state index in [1.54, 1.807) is 43.6 Å². The van der Waals surface area contributed by atoms with Crippen LogP contribution in [-0.4, -0.2) is 23.8 Å². The van der Waals surface area contributed by atoms with Crippen molar-refractivity contribution in [2.45, 2.75) is 16.1 Å². The van der Waals surface area contributed by atoms with Crippen molar-refractivity contribution >= 4 is 35.0 Å². The molecule has 1 aliphatic heterocycles. The van der Waals surface area contributed by atoms with Crippen molar-refractivity contribution in [3.05, 3.63) is 77.5 Å². The topological polar surface area (TPSA) is 62.3 Å². The van der Waals surface area contributed by atoms with Crippen LogP contribution in [-0.2, 0) is 6.18 Å². The first-order valence-electron chi connectivity index (χ1n) is 8.78. The molecule has 1 N–H and O–H groups in total. The van der Waals surface area contributed by atoms with Crippen molar-refractivity contribution < 1.29 is 22.8 Å². The van der Waals surface area contributed by atoms with E-state index >= 15 is 0 Å². The molecule has 1 aromatic heterocycles. The van der Waals surface area contributed by atoms with Crippen LogP contribution in [0.5, 0.6) is 0 Å². The third kappa shape index (κ3) is 3.63. The Balaban J connectivity index is 1.68. The van der Waals surface area contributed by atoms with Crippen LogP contribution in [0.15, 0.2) is 70.7 Å². The predicted molar refractivity (Wildman–Crippen MR) is 107 cm³/mol. The summed E-state index contributed by atoms with van der Waals surface area (Å²) in [6.45, 7) is 0. The van der Waals surface area contributed by atoms with Crippen LogP contribution in [0.4, 0.5) is 24.5 Å². The molecule has 4 rings (SSSR count). The van der Waals surface area contributed by atoms with Crippen molar-refractivity contribution in [3.63, 3.8) is 0 Å². The highest BCUT2D eigenvalue weighted by molar-refractivity contribution is 7.99. The summed E-state index contributed by atoms with van der Waals surface area (Å²) in [5.74, 6) is -1.09. The van der Waals surface area contributed by atoms with Gasteiger partial charge in [-0.3, -0.25) is 9.59 Å². The molecule has 0 bridgehead atoms. The summed E-state index contributed by atoms with van der Waals surface area (Å²) < 4.78 is 39.6. The zero-order valence-corrected chi connectivity index (χ0v) is 16.3. The Morgan fingerprint density at radius 3 is 2.63 bits per heavy atom. The fourth-order valence-corrected chi connectivity index (χ4v) is 4.19. The summed E-state index contributed by atoms with van der Waals surface area (Å²) in [4.78, 5) is 31.6. The highest BCUT2D eigenvalue weighted by Crippen LogP contribution is 2.41. The minimum atomic E-state index is -4.64. The van der Waals surface area contributed by atoms with Crippen LogP contribution < -0.4 is 10.2 Å². The first-order valence-corrected chi connectivity index (χ1v) is 9.60. The minimum Gasteiger partial charge on any atom is -0.322 e. The van der Waals surface area contributed by atoms with Crippen LogP contribution in [0.1, 0.15) is 26.3 Å². The van der Waals surface area contributed by atoms with E-state index < -0.39 is 23.2 Å². The third-order valence-electron chi connectivity index (χ3n) is 4.57. The molecule has 0 fully saturated rings. The van der Waals surface area contributed by atoms with Gasteiger partial charge in [-0.25, -0.2) is 4.98 Å². The summed E-state index contributed by atoms with van der Waals surface area (Å²) in [6.07, 6.45) is -3.07. The van der Waals surface area contributed by atoms with E-state index in [-0.39, 0.29) is 5.91 Å². The molecule has 2 aromatic carbocycles. The normalized spacial score (nSPS) is 13.3. The molecule has 1 aliphatic rings. The first kappa shape index (κ1) is 20.0. The van der Waals surface area contributed by atoms with Crippen molar-refractivity contribution in [1.29, 1.82) is 0 Å². The lowest BCUT2D eigenvalue weighted by Gasteiger charge is -2.18. The number of benzene rings is 2. The molecule has 0 aliphatic carbocycles. The molecule has 2 heterocycles. The van der Waals surface area contributed by atoms with Gasteiger partial charge in [0, 0.05) is 23.8 Å². The molecule has 5 nitrogen and oxygen atoms in total. The Labute approximate surface area is 173 Å². The van der Waals surface area contributed by atoms with Crippen LogP contribution in [0.3, 0.4) is 0 Å². The summed E-state index contributed by atoms with van der Waals surface area (Å²) in [5.41, 5.74) is -0.104. The second-order valence-electron chi connectivity index (χ2n) is 6.50. The van der Waals surface area contributed by atoms with Gasteiger partial charge in [0.05, 0.1) is 22.4 Å². The average Bonchev–Trinajstić information content (AvgIpc) is 2.82. The number of hydrogen-bond donors (Lipinski definition) is 1. The number of alkyl halides is 3. The predicted octanol–water partition coefficient (Wildman–Crippen LogP) is 5.09. The number of hydrogen-bond acceptors (Lipinski definition) is 4. The number of halogens is 3. The second-order valence-corrected chi connectivity index (χ2v) is 7.53. The van der Waals surface area contributed by atoms with Crippen molar-refractivity contribution in [2.24, 2.45) is 0 Å². The van der Waals surface area contributed by atoms with Crippen LogP contribution in [0.2, 0.25) is 0 Å². The number of carbonyl (C=O) groups excluding carboxylic acids is 2. The maximum atomic E-state index is 13.2. The summed E-state index contributed by atoms with van der Waals surface area (Å²) in [6, 6.07) is 12.7. The number of fused-ring (bicyclic) bond motifs is 2. The Bertz CT molecular complexity index is 1160. The van der Waals surface area contributed by atoms with Gasteiger partial charge in [0.25, 0.3) is 11.8 Å². The fraction of sp³-hybridized carbons (Fsp3) is 0.0952. The second kappa shape index (κ2) is 7.49. The van der Waals surface area contributed by atoms with Crippen molar-refractivity contribution in [1.82, 2.24) is 4.98 Å². The van der Waals surface area contributed by atoms with E-state index in [9.17, 15) is 22.8 Å². The number of rotatable bonds is 2. The zero-order chi connectivity index (χ0) is 21.5. The van der Waals surface area contributed by atoms with Gasteiger partial charge in [-0.1, -0.05) is 23.9 Å². The monoisotopic (exact) mass is 429 g/mol. The van der Waals surface area contributed by atoms with Crippen LogP contribution in [0.25, 0.3) is 0 Å². The smallest absolute Gasteiger partial charge is 0.322 e. The Kier molecular flexibility index (Phi) is 4.98. The molecule has 152 valence electrons. The highest BCUT2D eigenvalue weighted by atomic mass is 32.2. The molecule has 9 heteroatoms. The molecule has 0 saturated heterocycles. The summed E-state index contributed by atoms with van der Waals surface area (Å²) in [5, 5.41) is 3.03. The number of carbonyl (C=O) groups is 2. The van der Waals surface area contributed by atoms with E-state index in [1.165, 1.54) is 28.8 Å². The quantitative estimate of drug-likeness (QED) is 0.616. The molecule has 0 unspecified atom stereocenters.